The van der Waals surface area contributed by atoms with Crippen LogP contribution in [-0.4, -0.2) is 23.0 Å². The number of benzene rings is 1. The molecule has 0 saturated carbocycles. The lowest BCUT2D eigenvalue weighted by molar-refractivity contribution is -0.149. The van der Waals surface area contributed by atoms with Crippen molar-refractivity contribution in [3.05, 3.63) is 47.1 Å². The maximum absolute atomic E-state index is 12.4. The number of hydrogen-bond donors (Lipinski definition) is 1. The Morgan fingerprint density at radius 3 is 2.80 bits per heavy atom. The first-order valence-electron chi connectivity index (χ1n) is 8.29. The number of carbonyl (C=O) groups excluding carboxylic acids is 2. The Balaban J connectivity index is 1.69. The van der Waals surface area contributed by atoms with Gasteiger partial charge in [0, 0.05) is 16.6 Å². The van der Waals surface area contributed by atoms with Crippen LogP contribution in [0, 0.1) is 0 Å². The van der Waals surface area contributed by atoms with E-state index in [2.05, 4.69) is 10.3 Å². The molecular formula is C19H19ClN2O3. The number of aromatic nitrogens is 1. The van der Waals surface area contributed by atoms with Gasteiger partial charge in [0.05, 0.1) is 16.8 Å². The van der Waals surface area contributed by atoms with Gasteiger partial charge in [-0.1, -0.05) is 17.7 Å². The number of hydrogen-bond acceptors (Lipinski definition) is 4. The Hall–Kier alpha value is -2.40. The summed E-state index contributed by atoms with van der Waals surface area (Å²) in [5, 5.41) is 4.17. The highest BCUT2D eigenvalue weighted by molar-refractivity contribution is 6.31. The van der Waals surface area contributed by atoms with E-state index in [9.17, 15) is 9.59 Å². The minimum absolute atomic E-state index is 0.391. The van der Waals surface area contributed by atoms with Crippen LogP contribution in [0.2, 0.25) is 0 Å². The van der Waals surface area contributed by atoms with Gasteiger partial charge in [-0.15, -0.1) is 0 Å². The first-order valence-corrected chi connectivity index (χ1v) is 8.67. The second-order valence-electron chi connectivity index (χ2n) is 6.00. The van der Waals surface area contributed by atoms with Crippen molar-refractivity contribution in [1.82, 2.24) is 4.98 Å². The lowest BCUT2D eigenvalue weighted by atomic mass is 9.99. The molecule has 1 amide bonds. The standard InChI is InChI=1S/C19H19ClN2O3/c1-12(25-19(24)13-6-2-3-8-15(13)20)18(23)22-17-10-4-9-16-14(17)7-5-11-21-16/h4-5,7,9-12H,2-3,6,8H2,1H3,(H,22,23). The fraction of sp³-hybridized carbons (Fsp3) is 0.316. The smallest absolute Gasteiger partial charge is 0.335 e. The molecule has 0 aliphatic heterocycles. The molecule has 1 aliphatic carbocycles. The summed E-state index contributed by atoms with van der Waals surface area (Å²) >= 11 is 6.11. The summed E-state index contributed by atoms with van der Waals surface area (Å²) in [5.41, 5.74) is 1.90. The molecule has 0 radical (unpaired) electrons. The quantitative estimate of drug-likeness (QED) is 0.833. The fourth-order valence-corrected chi connectivity index (χ4v) is 3.12. The van der Waals surface area contributed by atoms with Gasteiger partial charge < -0.3 is 10.1 Å². The third-order valence-electron chi connectivity index (χ3n) is 4.20. The van der Waals surface area contributed by atoms with Crippen molar-refractivity contribution < 1.29 is 14.3 Å². The lowest BCUT2D eigenvalue weighted by Gasteiger charge is -2.18. The van der Waals surface area contributed by atoms with Crippen LogP contribution in [0.4, 0.5) is 5.69 Å². The van der Waals surface area contributed by atoms with Gasteiger partial charge in [-0.2, -0.15) is 0 Å². The number of fused-ring (bicyclic) bond motifs is 1. The highest BCUT2D eigenvalue weighted by Crippen LogP contribution is 2.28. The highest BCUT2D eigenvalue weighted by atomic mass is 35.5. The summed E-state index contributed by atoms with van der Waals surface area (Å²) in [7, 11) is 0. The Bertz CT molecular complexity index is 842. The Morgan fingerprint density at radius 1 is 1.20 bits per heavy atom. The average molecular weight is 359 g/mol. The number of pyridine rings is 1. The SMILES string of the molecule is CC(OC(=O)C1=C(Cl)CCCC1)C(=O)Nc1cccc2ncccc12. The molecule has 0 fully saturated rings. The Labute approximate surface area is 151 Å². The van der Waals surface area contributed by atoms with Crippen molar-refractivity contribution in [1.29, 1.82) is 0 Å². The molecule has 0 bridgehead atoms. The molecule has 1 atom stereocenters. The maximum atomic E-state index is 12.4. The van der Waals surface area contributed by atoms with Crippen LogP contribution >= 0.6 is 11.6 Å². The Morgan fingerprint density at radius 2 is 2.00 bits per heavy atom. The zero-order chi connectivity index (χ0) is 17.8. The number of carbonyl (C=O) groups is 2. The summed E-state index contributed by atoms with van der Waals surface area (Å²) in [6, 6.07) is 9.15. The van der Waals surface area contributed by atoms with Crippen molar-refractivity contribution in [2.75, 3.05) is 5.32 Å². The van der Waals surface area contributed by atoms with E-state index >= 15 is 0 Å². The molecule has 1 aromatic carbocycles. The number of ether oxygens (including phenoxy) is 1. The second kappa shape index (κ2) is 7.66. The number of nitrogens with one attached hydrogen (secondary N) is 1. The van der Waals surface area contributed by atoms with Gasteiger partial charge in [0.25, 0.3) is 5.91 Å². The molecule has 5 nitrogen and oxygen atoms in total. The van der Waals surface area contributed by atoms with Crippen LogP contribution in [0.3, 0.4) is 0 Å². The van der Waals surface area contributed by atoms with Gasteiger partial charge >= 0.3 is 5.97 Å². The fourth-order valence-electron chi connectivity index (χ4n) is 2.81. The van der Waals surface area contributed by atoms with E-state index in [1.165, 1.54) is 0 Å². The first-order chi connectivity index (χ1) is 12.1. The molecule has 1 heterocycles. The largest absolute Gasteiger partial charge is 0.449 e. The van der Waals surface area contributed by atoms with Crippen LogP contribution in [0.5, 0.6) is 0 Å². The predicted octanol–water partition coefficient (Wildman–Crippen LogP) is 4.17. The van der Waals surface area contributed by atoms with Gasteiger partial charge in [0.15, 0.2) is 6.10 Å². The summed E-state index contributed by atoms with van der Waals surface area (Å²) < 4.78 is 5.30. The molecule has 25 heavy (non-hydrogen) atoms. The van der Waals surface area contributed by atoms with Gasteiger partial charge in [-0.25, -0.2) is 4.79 Å². The van der Waals surface area contributed by atoms with E-state index in [1.807, 2.05) is 18.2 Å². The van der Waals surface area contributed by atoms with Crippen LogP contribution in [0.1, 0.15) is 32.6 Å². The number of anilines is 1. The van der Waals surface area contributed by atoms with E-state index in [-0.39, 0.29) is 0 Å². The van der Waals surface area contributed by atoms with Crippen LogP contribution in [-0.2, 0) is 14.3 Å². The van der Waals surface area contributed by atoms with Crippen molar-refractivity contribution in [3.63, 3.8) is 0 Å². The maximum Gasteiger partial charge on any atom is 0.335 e. The molecule has 1 aliphatic rings. The van der Waals surface area contributed by atoms with E-state index in [0.717, 1.165) is 23.7 Å². The molecule has 1 unspecified atom stereocenters. The minimum atomic E-state index is -0.918. The summed E-state index contributed by atoms with van der Waals surface area (Å²) in [6.07, 6.45) is 3.94. The normalized spacial score (nSPS) is 15.8. The molecule has 6 heteroatoms. The molecule has 3 rings (SSSR count). The number of nitrogens with zero attached hydrogens (tertiary/aromatic N) is 1. The molecule has 0 saturated heterocycles. The van der Waals surface area contributed by atoms with Crippen molar-refractivity contribution >= 4 is 40.1 Å². The van der Waals surface area contributed by atoms with E-state index in [0.29, 0.717) is 29.1 Å². The minimum Gasteiger partial charge on any atom is -0.449 e. The molecule has 1 aromatic heterocycles. The number of allylic oxidation sites excluding steroid dienone is 1. The topological polar surface area (TPSA) is 68.3 Å². The lowest BCUT2D eigenvalue weighted by Crippen LogP contribution is -2.30. The summed E-state index contributed by atoms with van der Waals surface area (Å²) in [4.78, 5) is 28.9. The molecule has 130 valence electrons. The average Bonchev–Trinajstić information content (AvgIpc) is 2.62. The van der Waals surface area contributed by atoms with Crippen molar-refractivity contribution in [3.8, 4) is 0 Å². The molecule has 0 spiro atoms. The summed E-state index contributed by atoms with van der Waals surface area (Å²) in [6.45, 7) is 1.55. The molecular weight excluding hydrogens is 340 g/mol. The van der Waals surface area contributed by atoms with E-state index in [1.54, 1.807) is 25.3 Å². The van der Waals surface area contributed by atoms with Crippen LogP contribution in [0.25, 0.3) is 10.9 Å². The number of rotatable bonds is 4. The highest BCUT2D eigenvalue weighted by Gasteiger charge is 2.24. The third-order valence-corrected chi connectivity index (χ3v) is 4.62. The monoisotopic (exact) mass is 358 g/mol. The Kier molecular flexibility index (Phi) is 5.34. The molecule has 2 aromatic rings. The predicted molar refractivity (Wildman–Crippen MR) is 97.3 cm³/mol. The zero-order valence-electron chi connectivity index (χ0n) is 13.9. The zero-order valence-corrected chi connectivity index (χ0v) is 14.7. The van der Waals surface area contributed by atoms with Gasteiger partial charge in [-0.3, -0.25) is 9.78 Å². The number of esters is 1. The molecule has 1 N–H and O–H groups in total. The second-order valence-corrected chi connectivity index (χ2v) is 6.46. The van der Waals surface area contributed by atoms with Crippen molar-refractivity contribution in [2.24, 2.45) is 0 Å². The van der Waals surface area contributed by atoms with Crippen LogP contribution < -0.4 is 5.32 Å². The first kappa shape index (κ1) is 17.4. The number of halogens is 1. The van der Waals surface area contributed by atoms with E-state index < -0.39 is 18.0 Å². The van der Waals surface area contributed by atoms with Crippen LogP contribution in [0.15, 0.2) is 47.1 Å². The van der Waals surface area contributed by atoms with Gasteiger partial charge in [0.1, 0.15) is 0 Å². The number of amides is 1. The third kappa shape index (κ3) is 3.99. The summed E-state index contributed by atoms with van der Waals surface area (Å²) in [5.74, 6) is -0.899. The van der Waals surface area contributed by atoms with Crippen molar-refractivity contribution in [2.45, 2.75) is 38.7 Å². The van der Waals surface area contributed by atoms with Gasteiger partial charge in [-0.05, 0) is 56.9 Å². The van der Waals surface area contributed by atoms with Gasteiger partial charge in [0.2, 0.25) is 0 Å². The van der Waals surface area contributed by atoms with E-state index in [4.69, 9.17) is 16.3 Å².